The van der Waals surface area contributed by atoms with Gasteiger partial charge >= 0.3 is 0 Å². The second kappa shape index (κ2) is 7.06. The molecule has 2 aromatic heterocycles. The normalized spacial score (nSPS) is 21.4. The van der Waals surface area contributed by atoms with Crippen molar-refractivity contribution in [2.75, 3.05) is 32.1 Å². The number of hydrogen-bond donors (Lipinski definition) is 2. The van der Waals surface area contributed by atoms with Gasteiger partial charge in [0.05, 0.1) is 30.1 Å². The van der Waals surface area contributed by atoms with E-state index in [1.165, 1.54) is 0 Å². The third kappa shape index (κ3) is 3.55. The Balaban J connectivity index is 1.71. The zero-order valence-electron chi connectivity index (χ0n) is 15.8. The summed E-state index contributed by atoms with van der Waals surface area (Å²) in [6, 6.07) is 6.98. The fourth-order valence-electron chi connectivity index (χ4n) is 3.85. The fourth-order valence-corrected chi connectivity index (χ4v) is 5.75. The van der Waals surface area contributed by atoms with E-state index in [0.717, 1.165) is 16.5 Å². The first-order valence-corrected chi connectivity index (χ1v) is 10.9. The van der Waals surface area contributed by atoms with E-state index >= 15 is 0 Å². The van der Waals surface area contributed by atoms with Crippen LogP contribution >= 0.6 is 0 Å². The maximum absolute atomic E-state index is 12.4. The van der Waals surface area contributed by atoms with Crippen LogP contribution in [0.4, 0.5) is 0 Å². The van der Waals surface area contributed by atoms with Crippen LogP contribution in [-0.2, 0) is 14.6 Å². The number of benzene rings is 1. The molecule has 2 atom stereocenters. The standard InChI is InChI=1S/C19H23N5O3S/c1-23(2)10-18(25)22-16-11-28(26,27)12-17(16)24-9-8-21-19(24)14-4-3-5-15-13(14)6-7-20-15/h3-9,16-17,20H,10-12H2,1-2H3,(H,22,25)/t16-,17-/m1/s1. The summed E-state index contributed by atoms with van der Waals surface area (Å²) in [6.45, 7) is 0.211. The number of carbonyl (C=O) groups is 1. The summed E-state index contributed by atoms with van der Waals surface area (Å²) in [4.78, 5) is 21.7. The molecule has 0 aliphatic carbocycles. The van der Waals surface area contributed by atoms with E-state index in [-0.39, 0.29) is 24.0 Å². The topological polar surface area (TPSA) is 100 Å². The first-order valence-electron chi connectivity index (χ1n) is 9.08. The van der Waals surface area contributed by atoms with Gasteiger partial charge in [-0.1, -0.05) is 12.1 Å². The minimum atomic E-state index is -3.26. The number of sulfone groups is 1. The first-order chi connectivity index (χ1) is 13.3. The maximum Gasteiger partial charge on any atom is 0.234 e. The van der Waals surface area contributed by atoms with Crippen molar-refractivity contribution in [2.24, 2.45) is 0 Å². The van der Waals surface area contributed by atoms with Gasteiger partial charge in [-0.15, -0.1) is 0 Å². The van der Waals surface area contributed by atoms with Gasteiger partial charge in [-0.25, -0.2) is 13.4 Å². The number of amides is 1. The molecule has 0 unspecified atom stereocenters. The van der Waals surface area contributed by atoms with Crippen molar-refractivity contribution in [3.63, 3.8) is 0 Å². The van der Waals surface area contributed by atoms with Crippen LogP contribution in [0.5, 0.6) is 0 Å². The number of nitrogens with zero attached hydrogens (tertiary/aromatic N) is 3. The molecule has 148 valence electrons. The van der Waals surface area contributed by atoms with Gasteiger partial charge in [0, 0.05) is 35.1 Å². The van der Waals surface area contributed by atoms with Crippen molar-refractivity contribution < 1.29 is 13.2 Å². The smallest absolute Gasteiger partial charge is 0.234 e. The average Bonchev–Trinajstić information content (AvgIpc) is 3.31. The quantitative estimate of drug-likeness (QED) is 0.666. The molecule has 1 aromatic carbocycles. The molecule has 0 bridgehead atoms. The fraction of sp³-hybridized carbons (Fsp3) is 0.368. The molecule has 8 nitrogen and oxygen atoms in total. The monoisotopic (exact) mass is 401 g/mol. The molecule has 0 saturated carbocycles. The van der Waals surface area contributed by atoms with Crippen LogP contribution in [0.1, 0.15) is 6.04 Å². The number of nitrogens with one attached hydrogen (secondary N) is 2. The average molecular weight is 401 g/mol. The van der Waals surface area contributed by atoms with Crippen LogP contribution in [0.15, 0.2) is 42.9 Å². The van der Waals surface area contributed by atoms with Crippen LogP contribution in [0.25, 0.3) is 22.3 Å². The number of H-pyrrole nitrogens is 1. The van der Waals surface area contributed by atoms with E-state index in [4.69, 9.17) is 0 Å². The van der Waals surface area contributed by atoms with Gasteiger partial charge in [0.1, 0.15) is 5.82 Å². The van der Waals surface area contributed by atoms with Crippen molar-refractivity contribution in [2.45, 2.75) is 12.1 Å². The largest absolute Gasteiger partial charge is 0.361 e. The van der Waals surface area contributed by atoms with Crippen molar-refractivity contribution in [3.8, 4) is 11.4 Å². The Morgan fingerprint density at radius 3 is 2.93 bits per heavy atom. The predicted octanol–water partition coefficient (Wildman–Crippen LogP) is 1.05. The van der Waals surface area contributed by atoms with E-state index in [0.29, 0.717) is 5.82 Å². The summed E-state index contributed by atoms with van der Waals surface area (Å²) >= 11 is 0. The van der Waals surface area contributed by atoms with Gasteiger partial charge in [0.15, 0.2) is 9.84 Å². The van der Waals surface area contributed by atoms with Gasteiger partial charge in [-0.05, 0) is 26.2 Å². The molecule has 1 aliphatic heterocycles. The van der Waals surface area contributed by atoms with Gasteiger partial charge in [0.25, 0.3) is 0 Å². The molecule has 28 heavy (non-hydrogen) atoms. The number of imidazole rings is 1. The van der Waals surface area contributed by atoms with Crippen LogP contribution in [0, 0.1) is 0 Å². The van der Waals surface area contributed by atoms with E-state index < -0.39 is 21.9 Å². The highest BCUT2D eigenvalue weighted by atomic mass is 32.2. The van der Waals surface area contributed by atoms with Gasteiger partial charge in [-0.3, -0.25) is 4.79 Å². The SMILES string of the molecule is CN(C)CC(=O)N[C@@H]1CS(=O)(=O)C[C@H]1n1ccnc1-c1cccc2[nH]ccc12. The number of carbonyl (C=O) groups excluding carboxylic acids is 1. The molecule has 1 saturated heterocycles. The summed E-state index contributed by atoms with van der Waals surface area (Å²) in [5.74, 6) is 0.417. The third-order valence-corrected chi connectivity index (χ3v) is 6.71. The van der Waals surface area contributed by atoms with Crippen LogP contribution < -0.4 is 5.32 Å². The third-order valence-electron chi connectivity index (χ3n) is 4.99. The molecule has 3 heterocycles. The second-order valence-corrected chi connectivity index (χ2v) is 9.61. The molecule has 1 amide bonds. The van der Waals surface area contributed by atoms with Gasteiger partial charge in [-0.2, -0.15) is 0 Å². The number of aromatic amines is 1. The summed E-state index contributed by atoms with van der Waals surface area (Å²) in [5, 5.41) is 3.92. The lowest BCUT2D eigenvalue weighted by atomic mass is 10.1. The Morgan fingerprint density at radius 2 is 2.14 bits per heavy atom. The maximum atomic E-state index is 12.4. The Labute approximate surface area is 163 Å². The number of rotatable bonds is 5. The molecule has 2 N–H and O–H groups in total. The molecule has 0 radical (unpaired) electrons. The highest BCUT2D eigenvalue weighted by Crippen LogP contribution is 2.32. The Hall–Kier alpha value is -2.65. The van der Waals surface area contributed by atoms with Crippen molar-refractivity contribution in [1.29, 1.82) is 0 Å². The highest BCUT2D eigenvalue weighted by Gasteiger charge is 2.40. The molecular weight excluding hydrogens is 378 g/mol. The molecule has 1 fully saturated rings. The molecule has 9 heteroatoms. The lowest BCUT2D eigenvalue weighted by molar-refractivity contribution is -0.122. The van der Waals surface area contributed by atoms with Gasteiger partial charge in [0.2, 0.25) is 5.91 Å². The van der Waals surface area contributed by atoms with E-state index in [9.17, 15) is 13.2 Å². The zero-order valence-corrected chi connectivity index (χ0v) is 16.6. The first kappa shape index (κ1) is 18.7. The van der Waals surface area contributed by atoms with Crippen LogP contribution in [-0.4, -0.2) is 71.9 Å². The Bertz CT molecular complexity index is 1120. The van der Waals surface area contributed by atoms with Crippen molar-refractivity contribution >= 4 is 26.6 Å². The van der Waals surface area contributed by atoms with E-state index in [1.54, 1.807) is 31.4 Å². The Morgan fingerprint density at radius 1 is 1.32 bits per heavy atom. The molecule has 4 rings (SSSR count). The molecule has 3 aromatic rings. The number of hydrogen-bond acceptors (Lipinski definition) is 5. The second-order valence-electron chi connectivity index (χ2n) is 7.46. The summed E-state index contributed by atoms with van der Waals surface area (Å²) in [6.07, 6.45) is 5.33. The van der Waals surface area contributed by atoms with Crippen LogP contribution in [0.2, 0.25) is 0 Å². The number of aromatic nitrogens is 3. The summed E-state index contributed by atoms with van der Waals surface area (Å²) < 4.78 is 26.6. The summed E-state index contributed by atoms with van der Waals surface area (Å²) in [7, 11) is 0.341. The van der Waals surface area contributed by atoms with E-state index in [1.807, 2.05) is 35.0 Å². The number of likely N-dealkylation sites (N-methyl/N-ethyl adjacent to an activating group) is 1. The Kier molecular flexibility index (Phi) is 4.72. The minimum absolute atomic E-state index is 0.0214. The summed E-state index contributed by atoms with van der Waals surface area (Å²) in [5.41, 5.74) is 1.91. The number of fused-ring (bicyclic) bond motifs is 1. The van der Waals surface area contributed by atoms with E-state index in [2.05, 4.69) is 15.3 Å². The lowest BCUT2D eigenvalue weighted by Gasteiger charge is -2.23. The zero-order chi connectivity index (χ0) is 19.9. The van der Waals surface area contributed by atoms with Gasteiger partial charge < -0.3 is 19.8 Å². The van der Waals surface area contributed by atoms with Crippen LogP contribution in [0.3, 0.4) is 0 Å². The predicted molar refractivity (Wildman–Crippen MR) is 108 cm³/mol. The molecular formula is C19H23N5O3S. The molecule has 0 spiro atoms. The van der Waals surface area contributed by atoms with Crippen molar-refractivity contribution in [3.05, 3.63) is 42.9 Å². The van der Waals surface area contributed by atoms with Crippen molar-refractivity contribution in [1.82, 2.24) is 24.8 Å². The minimum Gasteiger partial charge on any atom is -0.361 e. The lowest BCUT2D eigenvalue weighted by Crippen LogP contribution is -2.44. The molecule has 1 aliphatic rings. The highest BCUT2D eigenvalue weighted by molar-refractivity contribution is 7.91.